The van der Waals surface area contributed by atoms with Gasteiger partial charge >= 0.3 is 0 Å². The minimum absolute atomic E-state index is 0.0173. The highest BCUT2D eigenvalue weighted by Gasteiger charge is 2.43. The number of anilines is 1. The standard InChI is InChI=1S/C21H23N3/c1-14-9-11-21(12-10-14)19-18(16-7-3-4-8-17(16)23-21)22-20-15(2)6-5-13-24(19)20/h3-8,13-14,23H,9-12H2,1-2H3. The molecule has 0 radical (unpaired) electrons. The first-order valence-electron chi connectivity index (χ1n) is 9.04. The summed E-state index contributed by atoms with van der Waals surface area (Å²) in [7, 11) is 0. The van der Waals surface area contributed by atoms with E-state index in [0.29, 0.717) is 0 Å². The molecule has 1 saturated carbocycles. The summed E-state index contributed by atoms with van der Waals surface area (Å²) in [6.07, 6.45) is 7.08. The normalized spacial score (nSPS) is 25.3. The second-order valence-electron chi connectivity index (χ2n) is 7.63. The molecule has 3 nitrogen and oxygen atoms in total. The van der Waals surface area contributed by atoms with Crippen molar-refractivity contribution < 1.29 is 0 Å². The first-order valence-corrected chi connectivity index (χ1v) is 9.04. The van der Waals surface area contributed by atoms with Gasteiger partial charge in [0.15, 0.2) is 0 Å². The van der Waals surface area contributed by atoms with E-state index in [9.17, 15) is 0 Å². The van der Waals surface area contributed by atoms with E-state index >= 15 is 0 Å². The molecular formula is C21H23N3. The van der Waals surface area contributed by atoms with Gasteiger partial charge in [0.25, 0.3) is 0 Å². The maximum Gasteiger partial charge on any atom is 0.140 e. The zero-order chi connectivity index (χ0) is 16.3. The van der Waals surface area contributed by atoms with Gasteiger partial charge in [0.1, 0.15) is 5.65 Å². The van der Waals surface area contributed by atoms with Gasteiger partial charge in [-0.25, -0.2) is 4.98 Å². The van der Waals surface area contributed by atoms with Crippen molar-refractivity contribution in [2.75, 3.05) is 5.32 Å². The number of rotatable bonds is 0. The van der Waals surface area contributed by atoms with Gasteiger partial charge in [0.2, 0.25) is 0 Å². The molecule has 1 fully saturated rings. The number of nitrogens with one attached hydrogen (secondary N) is 1. The fourth-order valence-corrected chi connectivity index (χ4v) is 4.58. The van der Waals surface area contributed by atoms with Crippen LogP contribution in [-0.2, 0) is 5.54 Å². The number of imidazole rings is 1. The fraction of sp³-hybridized carbons (Fsp3) is 0.381. The fourth-order valence-electron chi connectivity index (χ4n) is 4.58. The Bertz CT molecular complexity index is 929. The lowest BCUT2D eigenvalue weighted by atomic mass is 9.72. The summed E-state index contributed by atoms with van der Waals surface area (Å²) < 4.78 is 2.34. The van der Waals surface area contributed by atoms with E-state index in [-0.39, 0.29) is 5.54 Å². The number of pyridine rings is 1. The maximum atomic E-state index is 5.09. The average molecular weight is 317 g/mol. The summed E-state index contributed by atoms with van der Waals surface area (Å²) in [4.78, 5) is 5.09. The van der Waals surface area contributed by atoms with Gasteiger partial charge in [-0.15, -0.1) is 0 Å². The Morgan fingerprint density at radius 2 is 1.92 bits per heavy atom. The van der Waals surface area contributed by atoms with Crippen LogP contribution in [0.25, 0.3) is 16.9 Å². The van der Waals surface area contributed by atoms with Crippen LogP contribution < -0.4 is 5.32 Å². The molecular weight excluding hydrogens is 294 g/mol. The van der Waals surface area contributed by atoms with Gasteiger partial charge in [-0.3, -0.25) is 0 Å². The molecule has 3 heteroatoms. The van der Waals surface area contributed by atoms with Crippen LogP contribution in [0.1, 0.15) is 43.9 Å². The third-order valence-corrected chi connectivity index (χ3v) is 5.98. The molecule has 0 saturated heterocycles. The molecule has 0 bridgehead atoms. The molecule has 3 heterocycles. The van der Waals surface area contributed by atoms with E-state index in [0.717, 1.165) is 11.6 Å². The molecule has 1 spiro atoms. The zero-order valence-corrected chi connectivity index (χ0v) is 14.3. The van der Waals surface area contributed by atoms with Crippen molar-refractivity contribution in [1.29, 1.82) is 0 Å². The number of benzene rings is 1. The number of aromatic nitrogens is 2. The van der Waals surface area contributed by atoms with Gasteiger partial charge in [0, 0.05) is 17.4 Å². The van der Waals surface area contributed by atoms with Crippen molar-refractivity contribution in [3.05, 3.63) is 53.9 Å². The molecule has 5 rings (SSSR count). The molecule has 122 valence electrons. The largest absolute Gasteiger partial charge is 0.373 e. The summed E-state index contributed by atoms with van der Waals surface area (Å²) >= 11 is 0. The van der Waals surface area contributed by atoms with Crippen molar-refractivity contribution in [1.82, 2.24) is 9.38 Å². The number of para-hydroxylation sites is 1. The highest BCUT2D eigenvalue weighted by Crippen LogP contribution is 2.50. The Hall–Kier alpha value is -2.29. The van der Waals surface area contributed by atoms with E-state index in [2.05, 4.69) is 66.2 Å². The summed E-state index contributed by atoms with van der Waals surface area (Å²) in [6.45, 7) is 4.53. The van der Waals surface area contributed by atoms with Crippen LogP contribution in [0.3, 0.4) is 0 Å². The zero-order valence-electron chi connectivity index (χ0n) is 14.3. The maximum absolute atomic E-state index is 5.09. The first-order chi connectivity index (χ1) is 11.7. The SMILES string of the molecule is Cc1cccn2c3c(nc12)-c1ccccc1NC31CCC(C)CC1. The van der Waals surface area contributed by atoms with Gasteiger partial charge < -0.3 is 9.72 Å². The lowest BCUT2D eigenvalue weighted by Crippen LogP contribution is -2.42. The minimum Gasteiger partial charge on any atom is -0.373 e. The van der Waals surface area contributed by atoms with Crippen LogP contribution in [0.5, 0.6) is 0 Å². The van der Waals surface area contributed by atoms with Gasteiger partial charge in [-0.2, -0.15) is 0 Å². The predicted octanol–water partition coefficient (Wildman–Crippen LogP) is 5.14. The molecule has 1 aliphatic carbocycles. The summed E-state index contributed by atoms with van der Waals surface area (Å²) in [5.41, 5.74) is 7.37. The molecule has 1 aromatic carbocycles. The van der Waals surface area contributed by atoms with Crippen molar-refractivity contribution in [3.8, 4) is 11.3 Å². The van der Waals surface area contributed by atoms with Crippen molar-refractivity contribution in [3.63, 3.8) is 0 Å². The van der Waals surface area contributed by atoms with Gasteiger partial charge in [-0.1, -0.05) is 31.2 Å². The minimum atomic E-state index is 0.0173. The molecule has 0 amide bonds. The van der Waals surface area contributed by atoms with Gasteiger partial charge in [-0.05, 0) is 56.2 Å². The Kier molecular flexibility index (Phi) is 2.85. The molecule has 2 aromatic heterocycles. The van der Waals surface area contributed by atoms with E-state index in [1.54, 1.807) is 0 Å². The number of hydrogen-bond acceptors (Lipinski definition) is 2. The number of aryl methyl sites for hydroxylation is 1. The van der Waals surface area contributed by atoms with Gasteiger partial charge in [0.05, 0.1) is 16.9 Å². The lowest BCUT2D eigenvalue weighted by molar-refractivity contribution is 0.262. The first kappa shape index (κ1) is 14.1. The number of nitrogens with zero attached hydrogens (tertiary/aromatic N) is 2. The lowest BCUT2D eigenvalue weighted by Gasteiger charge is -2.44. The molecule has 0 atom stereocenters. The van der Waals surface area contributed by atoms with Crippen LogP contribution in [0.4, 0.5) is 5.69 Å². The average Bonchev–Trinajstić information content (AvgIpc) is 3.00. The molecule has 3 aromatic rings. The molecule has 2 aliphatic rings. The van der Waals surface area contributed by atoms with E-state index in [4.69, 9.17) is 4.98 Å². The Labute approximate surface area is 142 Å². The van der Waals surface area contributed by atoms with E-state index in [1.807, 2.05) is 0 Å². The van der Waals surface area contributed by atoms with Crippen molar-refractivity contribution in [2.24, 2.45) is 5.92 Å². The highest BCUT2D eigenvalue weighted by molar-refractivity contribution is 5.84. The Balaban J connectivity index is 1.84. The number of fused-ring (bicyclic) bond motifs is 6. The molecule has 1 N–H and O–H groups in total. The monoisotopic (exact) mass is 317 g/mol. The highest BCUT2D eigenvalue weighted by atomic mass is 15.1. The Morgan fingerprint density at radius 3 is 2.75 bits per heavy atom. The van der Waals surface area contributed by atoms with Crippen LogP contribution in [0, 0.1) is 12.8 Å². The van der Waals surface area contributed by atoms with Crippen molar-refractivity contribution in [2.45, 2.75) is 45.1 Å². The second kappa shape index (κ2) is 4.85. The second-order valence-corrected chi connectivity index (χ2v) is 7.63. The number of hydrogen-bond donors (Lipinski definition) is 1. The molecule has 0 unspecified atom stereocenters. The van der Waals surface area contributed by atoms with Crippen LogP contribution in [0.15, 0.2) is 42.6 Å². The Morgan fingerprint density at radius 1 is 1.12 bits per heavy atom. The molecule has 1 aliphatic heterocycles. The van der Waals surface area contributed by atoms with Crippen molar-refractivity contribution >= 4 is 11.3 Å². The van der Waals surface area contributed by atoms with E-state index < -0.39 is 0 Å². The van der Waals surface area contributed by atoms with Crippen LogP contribution in [-0.4, -0.2) is 9.38 Å². The quantitative estimate of drug-likeness (QED) is 0.622. The van der Waals surface area contributed by atoms with E-state index in [1.165, 1.54) is 53.9 Å². The topological polar surface area (TPSA) is 29.3 Å². The summed E-state index contributed by atoms with van der Waals surface area (Å²) in [5.74, 6) is 0.818. The summed E-state index contributed by atoms with van der Waals surface area (Å²) in [6, 6.07) is 12.9. The molecule has 24 heavy (non-hydrogen) atoms. The van der Waals surface area contributed by atoms with Crippen LogP contribution in [0.2, 0.25) is 0 Å². The predicted molar refractivity (Wildman–Crippen MR) is 98.3 cm³/mol. The third kappa shape index (κ3) is 1.81. The van der Waals surface area contributed by atoms with Crippen LogP contribution >= 0.6 is 0 Å². The smallest absolute Gasteiger partial charge is 0.140 e. The summed E-state index contributed by atoms with van der Waals surface area (Å²) in [5, 5.41) is 3.93. The third-order valence-electron chi connectivity index (χ3n) is 5.98.